The van der Waals surface area contributed by atoms with E-state index < -0.39 is 47.9 Å². The Balaban J connectivity index is 1.88. The summed E-state index contributed by atoms with van der Waals surface area (Å²) >= 11 is 0. The number of carboxylic acids is 1. The minimum absolute atomic E-state index is 0.0616. The Kier molecular flexibility index (Phi) is 5.97. The summed E-state index contributed by atoms with van der Waals surface area (Å²) in [4.78, 5) is 48.6. The monoisotopic (exact) mass is 403 g/mol. The Hall–Kier alpha value is -3.20. The quantitative estimate of drug-likeness (QED) is 0.519. The number of hydrogen-bond acceptors (Lipinski definition) is 7. The van der Waals surface area contributed by atoms with Gasteiger partial charge in [-0.15, -0.1) is 0 Å². The largest absolute Gasteiger partial charge is 0.481 e. The Morgan fingerprint density at radius 1 is 0.931 bits per heavy atom. The summed E-state index contributed by atoms with van der Waals surface area (Å²) in [6.07, 6.45) is 1.99. The van der Waals surface area contributed by atoms with Crippen LogP contribution in [0.5, 0.6) is 0 Å². The summed E-state index contributed by atoms with van der Waals surface area (Å²) in [5, 5.41) is 12.1. The number of esters is 2. The summed E-state index contributed by atoms with van der Waals surface area (Å²) < 4.78 is 15.4. The highest BCUT2D eigenvalue weighted by Crippen LogP contribution is 2.40. The molecule has 2 aliphatic rings. The summed E-state index contributed by atoms with van der Waals surface area (Å²) in [5.41, 5.74) is 0.276. The number of nitrogens with one attached hydrogen (secondary N) is 1. The second-order valence-corrected chi connectivity index (χ2v) is 6.57. The van der Waals surface area contributed by atoms with Crippen LogP contribution in [0, 0.1) is 11.8 Å². The molecule has 0 unspecified atom stereocenters. The van der Waals surface area contributed by atoms with Crippen molar-refractivity contribution in [3.63, 3.8) is 0 Å². The molecule has 2 aliphatic heterocycles. The first-order valence-corrected chi connectivity index (χ1v) is 9.22. The highest BCUT2D eigenvalue weighted by Gasteiger charge is 2.53. The fourth-order valence-electron chi connectivity index (χ4n) is 3.50. The Morgan fingerprint density at radius 2 is 1.45 bits per heavy atom. The summed E-state index contributed by atoms with van der Waals surface area (Å²) in [6.45, 7) is 3.56. The zero-order valence-corrected chi connectivity index (χ0v) is 15.9. The molecule has 0 aromatic heterocycles. The zero-order valence-electron chi connectivity index (χ0n) is 15.9. The van der Waals surface area contributed by atoms with Crippen LogP contribution >= 0.6 is 0 Å². The van der Waals surface area contributed by atoms with Crippen LogP contribution < -0.4 is 5.32 Å². The average molecular weight is 403 g/mol. The molecule has 2 heterocycles. The Morgan fingerprint density at radius 3 is 1.93 bits per heavy atom. The van der Waals surface area contributed by atoms with Crippen LogP contribution in [0.2, 0.25) is 0 Å². The molecule has 9 heteroatoms. The number of carboxylic acid groups (broad SMARTS) is 1. The highest BCUT2D eigenvalue weighted by molar-refractivity contribution is 6.01. The number of carbonyl (C=O) groups excluding carboxylic acids is 3. The number of anilines is 1. The number of fused-ring (bicyclic) bond motifs is 2. The van der Waals surface area contributed by atoms with Crippen molar-refractivity contribution in [3.8, 4) is 0 Å². The molecule has 154 valence electrons. The van der Waals surface area contributed by atoms with Crippen molar-refractivity contribution in [1.29, 1.82) is 0 Å². The molecule has 1 saturated heterocycles. The lowest BCUT2D eigenvalue weighted by molar-refractivity contribution is -0.145. The van der Waals surface area contributed by atoms with Gasteiger partial charge in [0.25, 0.3) is 0 Å². The molecule has 0 radical (unpaired) electrons. The number of carbonyl (C=O) groups is 4. The molecule has 1 aromatic carbocycles. The van der Waals surface area contributed by atoms with Gasteiger partial charge in [-0.3, -0.25) is 9.59 Å². The van der Waals surface area contributed by atoms with Gasteiger partial charge in [0.05, 0.1) is 42.5 Å². The van der Waals surface area contributed by atoms with Gasteiger partial charge in [0.15, 0.2) is 0 Å². The maximum absolute atomic E-state index is 12.8. The van der Waals surface area contributed by atoms with Gasteiger partial charge in [-0.05, 0) is 32.0 Å². The SMILES string of the molecule is CCOC(=O)c1cc(NC(=O)[C@H]2[C@@H](C(=O)O)[C@H]3C=C[C@@H]2O3)cc(C(=O)OCC)c1. The Bertz CT molecular complexity index is 841. The lowest BCUT2D eigenvalue weighted by Gasteiger charge is -2.21. The summed E-state index contributed by atoms with van der Waals surface area (Å²) in [5.74, 6) is -4.98. The third kappa shape index (κ3) is 4.14. The van der Waals surface area contributed by atoms with Crippen molar-refractivity contribution >= 4 is 29.5 Å². The average Bonchev–Trinajstić information content (AvgIpc) is 3.29. The van der Waals surface area contributed by atoms with Crippen LogP contribution in [0.3, 0.4) is 0 Å². The van der Waals surface area contributed by atoms with Crippen molar-refractivity contribution < 1.29 is 38.5 Å². The molecule has 2 bridgehead atoms. The second kappa shape index (κ2) is 8.44. The van der Waals surface area contributed by atoms with E-state index in [0.29, 0.717) is 0 Å². The molecule has 1 fully saturated rings. The van der Waals surface area contributed by atoms with Crippen LogP contribution in [0.25, 0.3) is 0 Å². The molecule has 4 atom stereocenters. The Labute approximate surface area is 166 Å². The minimum atomic E-state index is -1.13. The van der Waals surface area contributed by atoms with Crippen LogP contribution in [0.4, 0.5) is 5.69 Å². The number of hydrogen-bond donors (Lipinski definition) is 2. The number of ether oxygens (including phenoxy) is 3. The van der Waals surface area contributed by atoms with E-state index >= 15 is 0 Å². The van der Waals surface area contributed by atoms with Crippen LogP contribution in [0.1, 0.15) is 34.6 Å². The second-order valence-electron chi connectivity index (χ2n) is 6.57. The third-order valence-corrected chi connectivity index (χ3v) is 4.71. The van der Waals surface area contributed by atoms with E-state index in [1.165, 1.54) is 18.2 Å². The van der Waals surface area contributed by atoms with Gasteiger partial charge in [0.2, 0.25) is 5.91 Å². The zero-order chi connectivity index (χ0) is 21.1. The fourth-order valence-corrected chi connectivity index (χ4v) is 3.50. The molecule has 1 aromatic rings. The molecule has 3 rings (SSSR count). The topological polar surface area (TPSA) is 128 Å². The van der Waals surface area contributed by atoms with Crippen LogP contribution in [-0.2, 0) is 23.8 Å². The lowest BCUT2D eigenvalue weighted by Crippen LogP contribution is -2.39. The highest BCUT2D eigenvalue weighted by atomic mass is 16.5. The molecule has 2 N–H and O–H groups in total. The van der Waals surface area contributed by atoms with E-state index in [4.69, 9.17) is 14.2 Å². The molecule has 29 heavy (non-hydrogen) atoms. The predicted molar refractivity (Wildman–Crippen MR) is 99.4 cm³/mol. The maximum atomic E-state index is 12.8. The lowest BCUT2D eigenvalue weighted by atomic mass is 9.82. The maximum Gasteiger partial charge on any atom is 0.338 e. The molecule has 0 spiro atoms. The molecular weight excluding hydrogens is 382 g/mol. The minimum Gasteiger partial charge on any atom is -0.481 e. The summed E-state index contributed by atoms with van der Waals surface area (Å²) in [7, 11) is 0. The van der Waals surface area contributed by atoms with Gasteiger partial charge in [-0.2, -0.15) is 0 Å². The first-order valence-electron chi connectivity index (χ1n) is 9.22. The van der Waals surface area contributed by atoms with Gasteiger partial charge >= 0.3 is 17.9 Å². The number of benzene rings is 1. The number of rotatable bonds is 7. The van der Waals surface area contributed by atoms with E-state index in [-0.39, 0.29) is 30.0 Å². The van der Waals surface area contributed by atoms with Gasteiger partial charge in [-0.1, -0.05) is 12.2 Å². The number of amides is 1. The molecule has 1 amide bonds. The smallest absolute Gasteiger partial charge is 0.338 e. The molecule has 0 saturated carbocycles. The van der Waals surface area contributed by atoms with Crippen LogP contribution in [0.15, 0.2) is 30.4 Å². The van der Waals surface area contributed by atoms with Gasteiger partial charge < -0.3 is 24.6 Å². The first-order chi connectivity index (χ1) is 13.8. The van der Waals surface area contributed by atoms with E-state index in [0.717, 1.165) is 0 Å². The first kappa shape index (κ1) is 20.5. The molecular formula is C20H21NO8. The third-order valence-electron chi connectivity index (χ3n) is 4.71. The van der Waals surface area contributed by atoms with Crippen LogP contribution in [-0.4, -0.2) is 54.3 Å². The normalized spacial score (nSPS) is 24.2. The van der Waals surface area contributed by atoms with Crippen molar-refractivity contribution in [2.45, 2.75) is 26.1 Å². The van der Waals surface area contributed by atoms with Crippen molar-refractivity contribution in [2.75, 3.05) is 18.5 Å². The van der Waals surface area contributed by atoms with E-state index in [1.807, 2.05) is 0 Å². The van der Waals surface area contributed by atoms with E-state index in [2.05, 4.69) is 5.32 Å². The summed E-state index contributed by atoms with van der Waals surface area (Å²) in [6, 6.07) is 4.03. The molecule has 9 nitrogen and oxygen atoms in total. The van der Waals surface area contributed by atoms with Crippen molar-refractivity contribution in [1.82, 2.24) is 0 Å². The number of aliphatic carboxylic acids is 1. The van der Waals surface area contributed by atoms with Gasteiger partial charge in [0.1, 0.15) is 5.92 Å². The van der Waals surface area contributed by atoms with Gasteiger partial charge in [0, 0.05) is 5.69 Å². The van der Waals surface area contributed by atoms with Gasteiger partial charge in [-0.25, -0.2) is 9.59 Å². The van der Waals surface area contributed by atoms with Crippen molar-refractivity contribution in [2.24, 2.45) is 11.8 Å². The predicted octanol–water partition coefficient (Wildman–Crippen LogP) is 1.63. The van der Waals surface area contributed by atoms with E-state index in [1.54, 1.807) is 26.0 Å². The molecule has 0 aliphatic carbocycles. The standard InChI is InChI=1S/C20H21NO8/c1-3-27-19(25)10-7-11(20(26)28-4-2)9-12(8-10)21-17(22)15-13-5-6-14(29-13)16(15)18(23)24/h5-9,13-16H,3-4H2,1-2H3,(H,21,22)(H,23,24)/t13-,14+,15+,16-/m0/s1. The van der Waals surface area contributed by atoms with E-state index in [9.17, 15) is 24.3 Å². The fraction of sp³-hybridized carbons (Fsp3) is 0.400. The van der Waals surface area contributed by atoms with Crippen molar-refractivity contribution in [3.05, 3.63) is 41.5 Å².